The Morgan fingerprint density at radius 3 is 2.70 bits per heavy atom. The molecule has 0 aliphatic carbocycles. The molecule has 0 heterocycles. The molecule has 2 N–H and O–H groups in total. The normalized spacial score (nSPS) is 11.6. The van der Waals surface area contributed by atoms with Gasteiger partial charge in [-0.05, 0) is 18.6 Å². The Balaban J connectivity index is 2.39. The van der Waals surface area contributed by atoms with Gasteiger partial charge in [-0.25, -0.2) is 0 Å². The predicted octanol–water partition coefficient (Wildman–Crippen LogP) is 2.31. The van der Waals surface area contributed by atoms with Crippen molar-refractivity contribution >= 4 is 33.4 Å². The monoisotopic (exact) mass is 342 g/mol. The van der Waals surface area contributed by atoms with Gasteiger partial charge < -0.3 is 15.4 Å². The van der Waals surface area contributed by atoms with Crippen molar-refractivity contribution in [3.05, 3.63) is 24.3 Å². The van der Waals surface area contributed by atoms with E-state index >= 15 is 0 Å². The number of carbonyl (C=O) groups is 2. The minimum Gasteiger partial charge on any atom is -0.495 e. The number of hydrogen-bond donors (Lipinski definition) is 2. The fourth-order valence-corrected chi connectivity index (χ4v) is 1.72. The highest BCUT2D eigenvalue weighted by atomic mass is 79.9. The van der Waals surface area contributed by atoms with Crippen molar-refractivity contribution in [2.45, 2.75) is 24.6 Å². The first-order valence-corrected chi connectivity index (χ1v) is 7.34. The maximum atomic E-state index is 11.8. The molecule has 0 spiro atoms. The van der Waals surface area contributed by atoms with Gasteiger partial charge in [0.2, 0.25) is 11.8 Å². The molecule has 0 unspecified atom stereocenters. The summed E-state index contributed by atoms with van der Waals surface area (Å²) in [7, 11) is 1.55. The molecule has 0 radical (unpaired) electrons. The van der Waals surface area contributed by atoms with Crippen LogP contribution in [-0.4, -0.2) is 30.3 Å². The second-order valence-corrected chi connectivity index (χ2v) is 5.27. The van der Waals surface area contributed by atoms with E-state index in [9.17, 15) is 9.59 Å². The first kappa shape index (κ1) is 16.5. The van der Waals surface area contributed by atoms with Crippen LogP contribution in [0.15, 0.2) is 24.3 Å². The molecule has 5 nitrogen and oxygen atoms in total. The van der Waals surface area contributed by atoms with E-state index in [1.807, 2.05) is 19.1 Å². The lowest BCUT2D eigenvalue weighted by molar-refractivity contribution is -0.120. The van der Waals surface area contributed by atoms with Crippen LogP contribution in [0.5, 0.6) is 5.75 Å². The van der Waals surface area contributed by atoms with Crippen molar-refractivity contribution < 1.29 is 14.3 Å². The van der Waals surface area contributed by atoms with E-state index < -0.39 is 0 Å². The number of nitrogens with one attached hydrogen (secondary N) is 2. The zero-order valence-electron chi connectivity index (χ0n) is 11.6. The number of benzene rings is 1. The molecule has 1 aromatic rings. The first-order valence-electron chi connectivity index (χ1n) is 6.43. The van der Waals surface area contributed by atoms with E-state index in [4.69, 9.17) is 4.74 Å². The standard InChI is InChI=1S/C14H19BrN2O3/c1-3-10(15)14(19)16-9-8-13(18)17-11-6-4-5-7-12(11)20-2/h4-7,10H,3,8-9H2,1-2H3,(H,16,19)(H,17,18)/t10-/m0/s1. The van der Waals surface area contributed by atoms with Crippen LogP contribution in [0, 0.1) is 0 Å². The number of methoxy groups -OCH3 is 1. The van der Waals surface area contributed by atoms with Crippen LogP contribution in [0.25, 0.3) is 0 Å². The average molecular weight is 343 g/mol. The van der Waals surface area contributed by atoms with E-state index in [1.54, 1.807) is 19.2 Å². The Morgan fingerprint density at radius 1 is 1.35 bits per heavy atom. The Morgan fingerprint density at radius 2 is 2.05 bits per heavy atom. The number of para-hydroxylation sites is 2. The molecule has 0 aliphatic heterocycles. The van der Waals surface area contributed by atoms with Crippen molar-refractivity contribution in [1.29, 1.82) is 0 Å². The first-order chi connectivity index (χ1) is 9.58. The van der Waals surface area contributed by atoms with Crippen LogP contribution < -0.4 is 15.4 Å². The SMILES string of the molecule is CC[C@H](Br)C(=O)NCCC(=O)Nc1ccccc1OC. The molecule has 0 aliphatic rings. The van der Waals surface area contributed by atoms with Gasteiger partial charge in [-0.15, -0.1) is 0 Å². The Hall–Kier alpha value is -1.56. The van der Waals surface area contributed by atoms with Crippen LogP contribution >= 0.6 is 15.9 Å². The molecule has 0 aromatic heterocycles. The lowest BCUT2D eigenvalue weighted by Gasteiger charge is -2.11. The number of halogens is 1. The molecule has 0 saturated carbocycles. The van der Waals surface area contributed by atoms with E-state index in [-0.39, 0.29) is 23.1 Å². The third kappa shape index (κ3) is 5.21. The molecule has 1 aromatic carbocycles. The van der Waals surface area contributed by atoms with E-state index in [1.165, 1.54) is 0 Å². The zero-order chi connectivity index (χ0) is 15.0. The molecule has 2 amide bonds. The number of ether oxygens (including phenoxy) is 1. The predicted molar refractivity (Wildman–Crippen MR) is 82.3 cm³/mol. The molecule has 0 bridgehead atoms. The smallest absolute Gasteiger partial charge is 0.233 e. The summed E-state index contributed by atoms with van der Waals surface area (Å²) in [6, 6.07) is 7.18. The maximum Gasteiger partial charge on any atom is 0.233 e. The van der Waals surface area contributed by atoms with Crippen molar-refractivity contribution in [1.82, 2.24) is 5.32 Å². The van der Waals surface area contributed by atoms with Gasteiger partial charge >= 0.3 is 0 Å². The largest absolute Gasteiger partial charge is 0.495 e. The van der Waals surface area contributed by atoms with Crippen molar-refractivity contribution in [3.63, 3.8) is 0 Å². The molecule has 20 heavy (non-hydrogen) atoms. The highest BCUT2D eigenvalue weighted by molar-refractivity contribution is 9.10. The lowest BCUT2D eigenvalue weighted by atomic mass is 10.2. The molecular weight excluding hydrogens is 324 g/mol. The number of anilines is 1. The van der Waals surface area contributed by atoms with E-state index in [0.717, 1.165) is 0 Å². The highest BCUT2D eigenvalue weighted by Gasteiger charge is 2.12. The molecule has 110 valence electrons. The van der Waals surface area contributed by atoms with Crippen molar-refractivity contribution in [2.24, 2.45) is 0 Å². The van der Waals surface area contributed by atoms with Crippen LogP contribution in [0.2, 0.25) is 0 Å². The number of amides is 2. The van der Waals surface area contributed by atoms with Gasteiger partial charge in [0.15, 0.2) is 0 Å². The van der Waals surface area contributed by atoms with Gasteiger partial charge in [-0.2, -0.15) is 0 Å². The molecule has 1 rings (SSSR count). The topological polar surface area (TPSA) is 67.4 Å². The summed E-state index contributed by atoms with van der Waals surface area (Å²) >= 11 is 3.25. The maximum absolute atomic E-state index is 11.8. The second-order valence-electron chi connectivity index (χ2n) is 4.17. The number of rotatable bonds is 7. The molecule has 0 saturated heterocycles. The quantitative estimate of drug-likeness (QED) is 0.747. The summed E-state index contributed by atoms with van der Waals surface area (Å²) in [5, 5.41) is 5.45. The van der Waals surface area contributed by atoms with E-state index in [0.29, 0.717) is 24.4 Å². The van der Waals surface area contributed by atoms with E-state index in [2.05, 4.69) is 26.6 Å². The van der Waals surface area contributed by atoms with Crippen LogP contribution in [0.1, 0.15) is 19.8 Å². The summed E-state index contributed by atoms with van der Waals surface area (Å²) in [6.45, 7) is 2.22. The average Bonchev–Trinajstić information content (AvgIpc) is 2.46. The fraction of sp³-hybridized carbons (Fsp3) is 0.429. The molecule has 6 heteroatoms. The van der Waals surface area contributed by atoms with Crippen LogP contribution in [0.4, 0.5) is 5.69 Å². The van der Waals surface area contributed by atoms with Crippen LogP contribution in [-0.2, 0) is 9.59 Å². The van der Waals surface area contributed by atoms with Gasteiger partial charge in [0.1, 0.15) is 5.75 Å². The van der Waals surface area contributed by atoms with Crippen molar-refractivity contribution in [2.75, 3.05) is 19.0 Å². The van der Waals surface area contributed by atoms with Crippen LogP contribution in [0.3, 0.4) is 0 Å². The summed E-state index contributed by atoms with van der Waals surface area (Å²) in [6.07, 6.45) is 0.923. The summed E-state index contributed by atoms with van der Waals surface area (Å²) in [5.41, 5.74) is 0.623. The third-order valence-corrected chi connectivity index (χ3v) is 3.74. The highest BCUT2D eigenvalue weighted by Crippen LogP contribution is 2.22. The van der Waals surface area contributed by atoms with Gasteiger partial charge in [-0.1, -0.05) is 35.0 Å². The third-order valence-electron chi connectivity index (χ3n) is 2.68. The summed E-state index contributed by atoms with van der Waals surface area (Å²) in [5.74, 6) is 0.339. The molecule has 1 atom stereocenters. The Kier molecular flexibility index (Phi) is 7.08. The van der Waals surface area contributed by atoms with Crippen molar-refractivity contribution in [3.8, 4) is 5.75 Å². The lowest BCUT2D eigenvalue weighted by Crippen LogP contribution is -2.33. The minimum absolute atomic E-state index is 0.0995. The number of alkyl halides is 1. The fourth-order valence-electron chi connectivity index (χ4n) is 1.56. The summed E-state index contributed by atoms with van der Waals surface area (Å²) in [4.78, 5) is 23.1. The van der Waals surface area contributed by atoms with Gasteiger partial charge in [0.05, 0.1) is 17.6 Å². The van der Waals surface area contributed by atoms with Gasteiger partial charge in [-0.3, -0.25) is 9.59 Å². The Labute approximate surface area is 127 Å². The molecular formula is C14H19BrN2O3. The number of hydrogen-bond acceptors (Lipinski definition) is 3. The second kappa shape index (κ2) is 8.58. The molecule has 0 fully saturated rings. The minimum atomic E-state index is -0.209. The summed E-state index contributed by atoms with van der Waals surface area (Å²) < 4.78 is 5.14. The van der Waals surface area contributed by atoms with Gasteiger partial charge in [0.25, 0.3) is 0 Å². The van der Waals surface area contributed by atoms with Gasteiger partial charge in [0, 0.05) is 13.0 Å². The Bertz CT molecular complexity index is 465. The number of carbonyl (C=O) groups excluding carboxylic acids is 2. The zero-order valence-corrected chi connectivity index (χ0v) is 13.2.